The highest BCUT2D eigenvalue weighted by Gasteiger charge is 2.35. The van der Waals surface area contributed by atoms with Crippen molar-refractivity contribution in [2.45, 2.75) is 44.8 Å². The zero-order valence-corrected chi connectivity index (χ0v) is 16.3. The molecule has 0 saturated carbocycles. The Morgan fingerprint density at radius 2 is 2.00 bits per heavy atom. The Morgan fingerprint density at radius 3 is 2.79 bits per heavy atom. The van der Waals surface area contributed by atoms with Crippen LogP contribution in [0.2, 0.25) is 0 Å². The highest BCUT2D eigenvalue weighted by molar-refractivity contribution is 6.01. The number of allylic oxidation sites excluding steroid dienone is 1. The molecule has 150 valence electrons. The number of nitrogens with one attached hydrogen (secondary N) is 1. The number of rotatable bonds is 3. The molecule has 1 aromatic carbocycles. The zero-order valence-electron chi connectivity index (χ0n) is 16.3. The summed E-state index contributed by atoms with van der Waals surface area (Å²) >= 11 is 0. The molecule has 0 spiro atoms. The molecule has 1 saturated heterocycles. The monoisotopic (exact) mass is 386 g/mol. The minimum atomic E-state index is -0.643. The van der Waals surface area contributed by atoms with E-state index >= 15 is 0 Å². The molecule has 28 heavy (non-hydrogen) atoms. The Kier molecular flexibility index (Phi) is 4.91. The molecule has 1 N–H and O–H groups in total. The van der Waals surface area contributed by atoms with Crippen molar-refractivity contribution in [2.75, 3.05) is 31.6 Å². The number of ketones is 1. The molecule has 1 amide bonds. The number of fused-ring (bicyclic) bond motifs is 1. The molecule has 4 rings (SSSR count). The second kappa shape index (κ2) is 7.37. The lowest BCUT2D eigenvalue weighted by atomic mass is 9.98. The van der Waals surface area contributed by atoms with Crippen molar-refractivity contribution in [1.29, 1.82) is 0 Å². The van der Waals surface area contributed by atoms with Crippen molar-refractivity contribution < 1.29 is 23.8 Å². The largest absolute Gasteiger partial charge is 0.486 e. The van der Waals surface area contributed by atoms with E-state index in [-0.39, 0.29) is 29.9 Å². The molecule has 7 nitrogen and oxygen atoms in total. The van der Waals surface area contributed by atoms with Gasteiger partial charge >= 0.3 is 0 Å². The predicted molar refractivity (Wildman–Crippen MR) is 104 cm³/mol. The summed E-state index contributed by atoms with van der Waals surface area (Å²) in [5, 5.41) is 3.49. The van der Waals surface area contributed by atoms with Gasteiger partial charge in [0, 0.05) is 43.4 Å². The Morgan fingerprint density at radius 1 is 1.21 bits per heavy atom. The van der Waals surface area contributed by atoms with Crippen LogP contribution in [0.15, 0.2) is 30.0 Å². The fourth-order valence-corrected chi connectivity index (χ4v) is 3.89. The van der Waals surface area contributed by atoms with E-state index in [9.17, 15) is 9.59 Å². The van der Waals surface area contributed by atoms with Crippen LogP contribution in [-0.4, -0.2) is 54.5 Å². The number of amides is 1. The summed E-state index contributed by atoms with van der Waals surface area (Å²) in [6.45, 7) is 5.99. The van der Waals surface area contributed by atoms with E-state index in [4.69, 9.17) is 14.2 Å². The fourth-order valence-electron chi connectivity index (χ4n) is 3.89. The molecule has 1 aromatic rings. The van der Waals surface area contributed by atoms with Crippen LogP contribution in [0.5, 0.6) is 11.5 Å². The standard InChI is InChI=1S/C21H26N2O5/c1-21(2)12-16(24)11-19(28-21)20(25)23-7-3-4-15(13-23)22-14-5-6-17-18(10-14)27-9-8-26-17/h5-6,10-11,15,22H,3-4,7-9,12-13H2,1-2H3/t15-/m1/s1. The molecule has 0 bridgehead atoms. The molecule has 1 fully saturated rings. The number of carbonyl (C=O) groups excluding carboxylic acids is 2. The van der Waals surface area contributed by atoms with Gasteiger partial charge in [0.05, 0.1) is 0 Å². The third-order valence-corrected chi connectivity index (χ3v) is 5.11. The maximum absolute atomic E-state index is 12.9. The van der Waals surface area contributed by atoms with Gasteiger partial charge in [-0.2, -0.15) is 0 Å². The molecule has 3 aliphatic rings. The van der Waals surface area contributed by atoms with Crippen LogP contribution in [0.4, 0.5) is 5.69 Å². The summed E-state index contributed by atoms with van der Waals surface area (Å²) in [6, 6.07) is 5.91. The lowest BCUT2D eigenvalue weighted by Gasteiger charge is -2.36. The fraction of sp³-hybridized carbons (Fsp3) is 0.524. The van der Waals surface area contributed by atoms with Gasteiger partial charge in [0.1, 0.15) is 18.8 Å². The zero-order chi connectivity index (χ0) is 19.7. The quantitative estimate of drug-likeness (QED) is 0.860. The van der Waals surface area contributed by atoms with Gasteiger partial charge in [-0.15, -0.1) is 0 Å². The molecule has 3 heterocycles. The van der Waals surface area contributed by atoms with Crippen LogP contribution in [0.25, 0.3) is 0 Å². The average Bonchev–Trinajstić information content (AvgIpc) is 2.66. The van der Waals surface area contributed by atoms with E-state index in [0.29, 0.717) is 26.3 Å². The molecule has 0 aliphatic carbocycles. The number of ether oxygens (including phenoxy) is 3. The van der Waals surface area contributed by atoms with Crippen LogP contribution in [0.1, 0.15) is 33.1 Å². The van der Waals surface area contributed by atoms with Crippen molar-refractivity contribution in [1.82, 2.24) is 4.90 Å². The molecule has 0 aromatic heterocycles. The summed E-state index contributed by atoms with van der Waals surface area (Å²) in [4.78, 5) is 26.6. The van der Waals surface area contributed by atoms with Crippen LogP contribution in [0, 0.1) is 0 Å². The number of benzene rings is 1. The first kappa shape index (κ1) is 18.7. The smallest absolute Gasteiger partial charge is 0.289 e. The molecule has 0 unspecified atom stereocenters. The summed E-state index contributed by atoms with van der Waals surface area (Å²) in [5.74, 6) is 1.37. The van der Waals surface area contributed by atoms with Crippen molar-refractivity contribution in [3.05, 3.63) is 30.0 Å². The number of nitrogens with zero attached hydrogens (tertiary/aromatic N) is 1. The van der Waals surface area contributed by atoms with Gasteiger partial charge in [-0.1, -0.05) is 0 Å². The normalized spacial score (nSPS) is 23.5. The first-order valence-electron chi connectivity index (χ1n) is 9.79. The van der Waals surface area contributed by atoms with Gasteiger partial charge in [-0.05, 0) is 38.8 Å². The Bertz CT molecular complexity index is 817. The van der Waals surface area contributed by atoms with Gasteiger partial charge in [0.25, 0.3) is 5.91 Å². The first-order chi connectivity index (χ1) is 13.4. The second-order valence-corrected chi connectivity index (χ2v) is 8.11. The molecular weight excluding hydrogens is 360 g/mol. The van der Waals surface area contributed by atoms with E-state index in [1.165, 1.54) is 6.08 Å². The summed E-state index contributed by atoms with van der Waals surface area (Å²) < 4.78 is 17.0. The summed E-state index contributed by atoms with van der Waals surface area (Å²) in [6.07, 6.45) is 3.48. The van der Waals surface area contributed by atoms with E-state index < -0.39 is 5.60 Å². The summed E-state index contributed by atoms with van der Waals surface area (Å²) in [5.41, 5.74) is 0.295. The van der Waals surface area contributed by atoms with Crippen molar-refractivity contribution >= 4 is 17.4 Å². The minimum Gasteiger partial charge on any atom is -0.486 e. The number of likely N-dealkylation sites (tertiary alicyclic amines) is 1. The Hall–Kier alpha value is -2.70. The third kappa shape index (κ3) is 4.08. The van der Waals surface area contributed by atoms with Gasteiger partial charge < -0.3 is 24.4 Å². The molecule has 1 atom stereocenters. The van der Waals surface area contributed by atoms with Gasteiger partial charge in [-0.25, -0.2) is 0 Å². The van der Waals surface area contributed by atoms with Crippen molar-refractivity contribution in [3.8, 4) is 11.5 Å². The number of hydrogen-bond acceptors (Lipinski definition) is 6. The van der Waals surface area contributed by atoms with Crippen LogP contribution in [-0.2, 0) is 14.3 Å². The third-order valence-electron chi connectivity index (χ3n) is 5.11. The highest BCUT2D eigenvalue weighted by atomic mass is 16.6. The first-order valence-corrected chi connectivity index (χ1v) is 9.79. The van der Waals surface area contributed by atoms with Gasteiger partial charge in [-0.3, -0.25) is 9.59 Å². The van der Waals surface area contributed by atoms with Gasteiger partial charge in [0.2, 0.25) is 0 Å². The number of piperidine rings is 1. The maximum Gasteiger partial charge on any atom is 0.289 e. The highest BCUT2D eigenvalue weighted by Crippen LogP contribution is 2.33. The minimum absolute atomic E-state index is 0.0671. The summed E-state index contributed by atoms with van der Waals surface area (Å²) in [7, 11) is 0. The van der Waals surface area contributed by atoms with Gasteiger partial charge in [0.15, 0.2) is 23.0 Å². The van der Waals surface area contributed by atoms with E-state index in [0.717, 1.165) is 30.0 Å². The Labute approximate surface area is 164 Å². The number of hydrogen-bond donors (Lipinski definition) is 1. The second-order valence-electron chi connectivity index (χ2n) is 8.11. The predicted octanol–water partition coefficient (Wildman–Crippen LogP) is 2.51. The van der Waals surface area contributed by atoms with E-state index in [1.807, 2.05) is 32.0 Å². The van der Waals surface area contributed by atoms with Crippen LogP contribution >= 0.6 is 0 Å². The lowest BCUT2D eigenvalue weighted by Crippen LogP contribution is -2.47. The SMILES string of the molecule is CC1(C)CC(=O)C=C(C(=O)N2CCC[C@@H](Nc3ccc4c(c3)OCCO4)C2)O1. The molecule has 3 aliphatic heterocycles. The number of carbonyl (C=O) groups is 2. The Balaban J connectivity index is 1.42. The van der Waals surface area contributed by atoms with Crippen LogP contribution < -0.4 is 14.8 Å². The maximum atomic E-state index is 12.9. The van der Waals surface area contributed by atoms with E-state index in [1.54, 1.807) is 4.90 Å². The van der Waals surface area contributed by atoms with Crippen molar-refractivity contribution in [2.24, 2.45) is 0 Å². The lowest BCUT2D eigenvalue weighted by molar-refractivity contribution is -0.138. The molecule has 0 radical (unpaired) electrons. The molecular formula is C21H26N2O5. The average molecular weight is 386 g/mol. The topological polar surface area (TPSA) is 77.1 Å². The van der Waals surface area contributed by atoms with Crippen LogP contribution in [0.3, 0.4) is 0 Å². The van der Waals surface area contributed by atoms with E-state index in [2.05, 4.69) is 5.32 Å². The van der Waals surface area contributed by atoms with Crippen molar-refractivity contribution in [3.63, 3.8) is 0 Å². The number of anilines is 1. The molecule has 7 heteroatoms.